The summed E-state index contributed by atoms with van der Waals surface area (Å²) in [6.07, 6.45) is 0.753. The molecule has 4 nitrogen and oxygen atoms in total. The third-order valence-electron chi connectivity index (χ3n) is 3.72. The van der Waals surface area contributed by atoms with Crippen LogP contribution in [0, 0.1) is 0 Å². The first-order valence-electron chi connectivity index (χ1n) is 6.45. The first-order chi connectivity index (χ1) is 9.10. The Morgan fingerprint density at radius 1 is 1.30 bits per heavy atom. The van der Waals surface area contributed by atoms with E-state index in [2.05, 4.69) is 0 Å². The van der Waals surface area contributed by atoms with Crippen molar-refractivity contribution in [1.29, 1.82) is 0 Å². The molecule has 0 aliphatic carbocycles. The van der Waals surface area contributed by atoms with E-state index in [1.807, 2.05) is 20.8 Å². The number of hydrogen-bond acceptors (Lipinski definition) is 3. The third-order valence-corrected chi connectivity index (χ3v) is 5.99. The minimum atomic E-state index is -3.35. The van der Waals surface area contributed by atoms with Crippen LogP contribution in [0.4, 0.5) is 0 Å². The predicted molar refractivity (Wildman–Crippen MR) is 87.1 cm³/mol. The van der Waals surface area contributed by atoms with Gasteiger partial charge in [-0.2, -0.15) is 4.31 Å². The molecule has 0 saturated heterocycles. The summed E-state index contributed by atoms with van der Waals surface area (Å²) in [7, 11) is -1.72. The molecule has 1 aromatic rings. The van der Waals surface area contributed by atoms with E-state index in [9.17, 15) is 8.42 Å². The summed E-state index contributed by atoms with van der Waals surface area (Å²) in [5, 5.41) is 0. The van der Waals surface area contributed by atoms with Gasteiger partial charge >= 0.3 is 0 Å². The van der Waals surface area contributed by atoms with Crippen LogP contribution in [0.5, 0.6) is 0 Å². The van der Waals surface area contributed by atoms with Gasteiger partial charge in [0.05, 0.1) is 5.75 Å². The van der Waals surface area contributed by atoms with Crippen LogP contribution in [0.25, 0.3) is 0 Å². The molecule has 0 aliphatic rings. The average molecular weight is 314 g/mol. The maximum absolute atomic E-state index is 12.4. The fourth-order valence-electron chi connectivity index (χ4n) is 1.67. The molecule has 6 heteroatoms. The van der Waals surface area contributed by atoms with Gasteiger partial charge in [0.15, 0.2) is 0 Å². The van der Waals surface area contributed by atoms with E-state index < -0.39 is 15.6 Å². The lowest BCUT2D eigenvalue weighted by Gasteiger charge is -2.33. The van der Waals surface area contributed by atoms with Gasteiger partial charge in [-0.15, -0.1) is 0 Å². The number of rotatable bonds is 6. The average Bonchev–Trinajstić information content (AvgIpc) is 2.38. The Labute approximate surface area is 127 Å². The highest BCUT2D eigenvalue weighted by atomic mass is 32.2. The second kappa shape index (κ2) is 6.20. The SMILES string of the molecule is CCC(C)(C)N(C)S(=O)(=O)Cc1ccc(C(N)=S)cc1. The lowest BCUT2D eigenvalue weighted by molar-refractivity contribution is 0.257. The molecule has 0 spiro atoms. The quantitative estimate of drug-likeness (QED) is 0.818. The van der Waals surface area contributed by atoms with Crippen molar-refractivity contribution in [3.8, 4) is 0 Å². The molecule has 0 amide bonds. The summed E-state index contributed by atoms with van der Waals surface area (Å²) in [5.41, 5.74) is 6.59. The zero-order chi connectivity index (χ0) is 15.6. The van der Waals surface area contributed by atoms with Crippen molar-refractivity contribution < 1.29 is 8.42 Å². The van der Waals surface area contributed by atoms with Gasteiger partial charge in [0.1, 0.15) is 4.99 Å². The highest BCUT2D eigenvalue weighted by Crippen LogP contribution is 2.22. The van der Waals surface area contributed by atoms with Crippen LogP contribution >= 0.6 is 12.2 Å². The van der Waals surface area contributed by atoms with Crippen molar-refractivity contribution in [3.63, 3.8) is 0 Å². The van der Waals surface area contributed by atoms with Gasteiger partial charge in [-0.05, 0) is 25.8 Å². The molecule has 1 rings (SSSR count). The molecular formula is C14H22N2O2S2. The number of benzene rings is 1. The van der Waals surface area contributed by atoms with E-state index in [1.165, 1.54) is 4.31 Å². The van der Waals surface area contributed by atoms with Gasteiger partial charge in [0, 0.05) is 18.2 Å². The summed E-state index contributed by atoms with van der Waals surface area (Å²) in [4.78, 5) is 0.309. The van der Waals surface area contributed by atoms with Gasteiger partial charge in [-0.25, -0.2) is 8.42 Å². The van der Waals surface area contributed by atoms with Crippen molar-refractivity contribution in [2.24, 2.45) is 5.73 Å². The second-order valence-corrected chi connectivity index (χ2v) is 7.89. The summed E-state index contributed by atoms with van der Waals surface area (Å²) < 4.78 is 26.2. The Kier molecular flexibility index (Phi) is 5.29. The molecule has 0 aliphatic heterocycles. The fraction of sp³-hybridized carbons (Fsp3) is 0.500. The zero-order valence-corrected chi connectivity index (χ0v) is 14.0. The van der Waals surface area contributed by atoms with E-state index in [1.54, 1.807) is 31.3 Å². The molecule has 0 atom stereocenters. The van der Waals surface area contributed by atoms with Crippen LogP contribution in [0.15, 0.2) is 24.3 Å². The molecule has 2 N–H and O–H groups in total. The topological polar surface area (TPSA) is 63.4 Å². The van der Waals surface area contributed by atoms with Crippen LogP contribution in [0.2, 0.25) is 0 Å². The van der Waals surface area contributed by atoms with Crippen molar-refractivity contribution in [3.05, 3.63) is 35.4 Å². The van der Waals surface area contributed by atoms with Gasteiger partial charge in [-0.1, -0.05) is 43.4 Å². The largest absolute Gasteiger partial charge is 0.389 e. The lowest BCUT2D eigenvalue weighted by Crippen LogP contribution is -2.44. The molecule has 112 valence electrons. The fourth-order valence-corrected chi connectivity index (χ4v) is 3.50. The smallest absolute Gasteiger partial charge is 0.218 e. The van der Waals surface area contributed by atoms with E-state index in [-0.39, 0.29) is 5.75 Å². The summed E-state index contributed by atoms with van der Waals surface area (Å²) in [6, 6.07) is 6.99. The second-order valence-electron chi connectivity index (χ2n) is 5.45. The molecule has 0 heterocycles. The zero-order valence-electron chi connectivity index (χ0n) is 12.4. The highest BCUT2D eigenvalue weighted by Gasteiger charge is 2.31. The molecule has 0 radical (unpaired) electrons. The van der Waals surface area contributed by atoms with E-state index in [0.29, 0.717) is 4.99 Å². The van der Waals surface area contributed by atoms with Gasteiger partial charge < -0.3 is 5.73 Å². The minimum Gasteiger partial charge on any atom is -0.389 e. The number of sulfonamides is 1. The highest BCUT2D eigenvalue weighted by molar-refractivity contribution is 7.88. The van der Waals surface area contributed by atoms with Crippen molar-refractivity contribution in [2.75, 3.05) is 7.05 Å². The maximum atomic E-state index is 12.4. The van der Waals surface area contributed by atoms with Crippen LogP contribution in [0.1, 0.15) is 38.3 Å². The standard InChI is InChI=1S/C14H22N2O2S2/c1-5-14(2,3)16(4)20(17,18)10-11-6-8-12(9-7-11)13(15)19/h6-9H,5,10H2,1-4H3,(H2,15,19). The minimum absolute atomic E-state index is 0.0233. The first kappa shape index (κ1) is 17.1. The molecule has 0 bridgehead atoms. The summed E-state index contributed by atoms with van der Waals surface area (Å²) >= 11 is 4.87. The Bertz CT molecular complexity index is 578. The van der Waals surface area contributed by atoms with Crippen LogP contribution in [-0.2, 0) is 15.8 Å². The Morgan fingerprint density at radius 3 is 2.20 bits per heavy atom. The van der Waals surface area contributed by atoms with Gasteiger partial charge in [0.2, 0.25) is 10.0 Å². The summed E-state index contributed by atoms with van der Waals surface area (Å²) in [5.74, 6) is -0.0233. The van der Waals surface area contributed by atoms with E-state index in [4.69, 9.17) is 18.0 Å². The number of hydrogen-bond donors (Lipinski definition) is 1. The van der Waals surface area contributed by atoms with Gasteiger partial charge in [0.25, 0.3) is 0 Å². The maximum Gasteiger partial charge on any atom is 0.218 e. The first-order valence-corrected chi connectivity index (χ1v) is 8.47. The molecule has 20 heavy (non-hydrogen) atoms. The van der Waals surface area contributed by atoms with Gasteiger partial charge in [-0.3, -0.25) is 0 Å². The number of nitrogens with two attached hydrogens (primary N) is 1. The molecule has 0 aromatic heterocycles. The summed E-state index contributed by atoms with van der Waals surface area (Å²) in [6.45, 7) is 5.81. The van der Waals surface area contributed by atoms with Crippen LogP contribution in [0.3, 0.4) is 0 Å². The van der Waals surface area contributed by atoms with Crippen LogP contribution < -0.4 is 5.73 Å². The van der Waals surface area contributed by atoms with Crippen LogP contribution in [-0.4, -0.2) is 30.3 Å². The molecule has 1 aromatic carbocycles. The normalized spacial score (nSPS) is 12.7. The number of thiocarbonyl (C=S) groups is 1. The lowest BCUT2D eigenvalue weighted by atomic mass is 10.0. The molecular weight excluding hydrogens is 292 g/mol. The number of nitrogens with zero attached hydrogens (tertiary/aromatic N) is 1. The molecule has 0 fully saturated rings. The van der Waals surface area contributed by atoms with Crippen molar-refractivity contribution >= 4 is 27.2 Å². The molecule has 0 unspecified atom stereocenters. The third kappa shape index (κ3) is 4.01. The van der Waals surface area contributed by atoms with Crippen molar-refractivity contribution in [1.82, 2.24) is 4.31 Å². The Morgan fingerprint density at radius 2 is 1.80 bits per heavy atom. The van der Waals surface area contributed by atoms with E-state index >= 15 is 0 Å². The monoisotopic (exact) mass is 314 g/mol. The van der Waals surface area contributed by atoms with Crippen molar-refractivity contribution in [2.45, 2.75) is 38.5 Å². The Hall–Kier alpha value is -0.980. The predicted octanol–water partition coefficient (Wildman–Crippen LogP) is 2.27. The molecule has 0 saturated carbocycles. The van der Waals surface area contributed by atoms with E-state index in [0.717, 1.165) is 17.5 Å². The Balaban J connectivity index is 2.94.